The molecule has 2 rings (SSSR count). The van der Waals surface area contributed by atoms with E-state index >= 15 is 0 Å². The van der Waals surface area contributed by atoms with E-state index in [1.165, 1.54) is 10.6 Å². The number of ether oxygens (including phenoxy) is 1. The monoisotopic (exact) mass is 257 g/mol. The van der Waals surface area contributed by atoms with Crippen LogP contribution in [0.3, 0.4) is 0 Å². The molecule has 7 nitrogen and oxygen atoms in total. The largest absolute Gasteiger partial charge is 0.468 e. The molecule has 0 N–H and O–H groups in total. The molecule has 0 saturated heterocycles. The van der Waals surface area contributed by atoms with E-state index in [4.69, 9.17) is 0 Å². The molecule has 0 fully saturated rings. The Morgan fingerprint density at radius 2 is 2.29 bits per heavy atom. The number of methoxy groups -OCH3 is 1. The van der Waals surface area contributed by atoms with Gasteiger partial charge in [0.05, 0.1) is 19.3 Å². The van der Waals surface area contributed by atoms with Gasteiger partial charge in [-0.3, -0.25) is 4.79 Å². The van der Waals surface area contributed by atoms with Gasteiger partial charge in [0.1, 0.15) is 6.33 Å². The van der Waals surface area contributed by atoms with Crippen LogP contribution in [0.25, 0.3) is 0 Å². The van der Waals surface area contributed by atoms with Crippen LogP contribution < -0.4 is 0 Å². The second-order valence-electron chi connectivity index (χ2n) is 3.60. The number of nitrogens with zero attached hydrogens (tertiary/aromatic N) is 3. The summed E-state index contributed by atoms with van der Waals surface area (Å²) in [4.78, 5) is 18.8. The van der Waals surface area contributed by atoms with Crippen molar-refractivity contribution < 1.29 is 17.9 Å². The van der Waals surface area contributed by atoms with Gasteiger partial charge in [-0.2, -0.15) is 4.31 Å². The fourth-order valence-electron chi connectivity index (χ4n) is 1.57. The standard InChI is InChI=1S/C9H11N3O4S/c1-16-9(13)5-17(14,15)12-3-7-2-10-6-11-8(7)4-12/h2,6H,3-5H2,1H3. The first-order valence-corrected chi connectivity index (χ1v) is 6.46. The normalized spacial score (nSPS) is 15.6. The Balaban J connectivity index is 2.15. The predicted molar refractivity (Wildman–Crippen MR) is 57.1 cm³/mol. The van der Waals surface area contributed by atoms with E-state index in [9.17, 15) is 13.2 Å². The third-order valence-electron chi connectivity index (χ3n) is 2.48. The SMILES string of the molecule is COC(=O)CS(=O)(=O)N1Cc2cncnc2C1. The number of hydrogen-bond acceptors (Lipinski definition) is 6. The highest BCUT2D eigenvalue weighted by atomic mass is 32.2. The Morgan fingerprint density at radius 1 is 1.53 bits per heavy atom. The quantitative estimate of drug-likeness (QED) is 0.665. The van der Waals surface area contributed by atoms with Gasteiger partial charge in [-0.05, 0) is 0 Å². The molecule has 1 aliphatic heterocycles. The van der Waals surface area contributed by atoms with Crippen molar-refractivity contribution in [3.8, 4) is 0 Å². The maximum Gasteiger partial charge on any atom is 0.322 e. The van der Waals surface area contributed by atoms with Crippen LogP contribution in [0.15, 0.2) is 12.5 Å². The molecule has 0 amide bonds. The number of aromatic nitrogens is 2. The van der Waals surface area contributed by atoms with E-state index in [2.05, 4.69) is 14.7 Å². The number of sulfonamides is 1. The maximum absolute atomic E-state index is 11.8. The van der Waals surface area contributed by atoms with Crippen molar-refractivity contribution in [1.82, 2.24) is 14.3 Å². The van der Waals surface area contributed by atoms with E-state index < -0.39 is 21.7 Å². The first-order chi connectivity index (χ1) is 8.03. The summed E-state index contributed by atoms with van der Waals surface area (Å²) in [5, 5.41) is 0. The van der Waals surface area contributed by atoms with Gasteiger partial charge >= 0.3 is 5.97 Å². The van der Waals surface area contributed by atoms with Crippen molar-refractivity contribution in [3.63, 3.8) is 0 Å². The predicted octanol–water partition coefficient (Wildman–Crippen LogP) is -0.705. The van der Waals surface area contributed by atoms with Crippen molar-refractivity contribution in [3.05, 3.63) is 23.8 Å². The van der Waals surface area contributed by atoms with Gasteiger partial charge in [-0.1, -0.05) is 0 Å². The summed E-state index contributed by atoms with van der Waals surface area (Å²) in [5.74, 6) is -1.42. The maximum atomic E-state index is 11.8. The molecule has 0 atom stereocenters. The average molecular weight is 257 g/mol. The van der Waals surface area contributed by atoms with Crippen molar-refractivity contribution in [2.45, 2.75) is 13.1 Å². The summed E-state index contributed by atoms with van der Waals surface area (Å²) in [7, 11) is -2.49. The first kappa shape index (κ1) is 11.9. The number of hydrogen-bond donors (Lipinski definition) is 0. The zero-order valence-electron chi connectivity index (χ0n) is 9.16. The second-order valence-corrected chi connectivity index (χ2v) is 5.56. The smallest absolute Gasteiger partial charge is 0.322 e. The van der Waals surface area contributed by atoms with E-state index in [-0.39, 0.29) is 13.1 Å². The van der Waals surface area contributed by atoms with E-state index in [0.29, 0.717) is 5.69 Å². The Kier molecular flexibility index (Phi) is 3.07. The lowest BCUT2D eigenvalue weighted by Gasteiger charge is -2.13. The van der Waals surface area contributed by atoms with Crippen LogP contribution >= 0.6 is 0 Å². The summed E-state index contributed by atoms with van der Waals surface area (Å²) in [6.45, 7) is 0.382. The molecule has 0 unspecified atom stereocenters. The molecule has 2 heterocycles. The molecule has 92 valence electrons. The zero-order valence-corrected chi connectivity index (χ0v) is 9.98. The van der Waals surface area contributed by atoms with Gasteiger partial charge in [0.15, 0.2) is 5.75 Å². The van der Waals surface area contributed by atoms with Gasteiger partial charge in [0, 0.05) is 18.3 Å². The molecule has 0 spiro atoms. The lowest BCUT2D eigenvalue weighted by atomic mass is 10.3. The van der Waals surface area contributed by atoms with Crippen molar-refractivity contribution >= 4 is 16.0 Å². The van der Waals surface area contributed by atoms with Gasteiger partial charge in [-0.15, -0.1) is 0 Å². The third-order valence-corrected chi connectivity index (χ3v) is 4.12. The highest BCUT2D eigenvalue weighted by Gasteiger charge is 2.31. The molecule has 1 aromatic rings. The van der Waals surface area contributed by atoms with Crippen LogP contribution in [0.4, 0.5) is 0 Å². The van der Waals surface area contributed by atoms with Crippen molar-refractivity contribution in [2.75, 3.05) is 12.9 Å². The Morgan fingerprint density at radius 3 is 2.94 bits per heavy atom. The molecular weight excluding hydrogens is 246 g/mol. The van der Waals surface area contributed by atoms with Gasteiger partial charge in [0.2, 0.25) is 10.0 Å². The number of carbonyl (C=O) groups is 1. The van der Waals surface area contributed by atoms with Crippen LogP contribution in [0.1, 0.15) is 11.3 Å². The Labute approximate surface area is 98.5 Å². The minimum absolute atomic E-state index is 0.178. The van der Waals surface area contributed by atoms with Crippen LogP contribution in [-0.4, -0.2) is 41.5 Å². The third kappa shape index (κ3) is 2.42. The topological polar surface area (TPSA) is 89.5 Å². The number of carbonyl (C=O) groups excluding carboxylic acids is 1. The molecule has 0 radical (unpaired) electrons. The molecule has 17 heavy (non-hydrogen) atoms. The van der Waals surface area contributed by atoms with Crippen molar-refractivity contribution in [2.24, 2.45) is 0 Å². The number of rotatable bonds is 3. The summed E-state index contributed by atoms with van der Waals surface area (Å²) in [5.41, 5.74) is 1.44. The fraction of sp³-hybridized carbons (Fsp3) is 0.444. The van der Waals surface area contributed by atoms with Gasteiger partial charge < -0.3 is 4.74 Å². The highest BCUT2D eigenvalue weighted by molar-refractivity contribution is 7.89. The van der Waals surface area contributed by atoms with Crippen LogP contribution in [0.5, 0.6) is 0 Å². The van der Waals surface area contributed by atoms with Crippen LogP contribution in [0.2, 0.25) is 0 Å². The number of fused-ring (bicyclic) bond motifs is 1. The lowest BCUT2D eigenvalue weighted by molar-refractivity contribution is -0.137. The second kappa shape index (κ2) is 4.38. The molecule has 0 aromatic carbocycles. The van der Waals surface area contributed by atoms with Gasteiger partial charge in [0.25, 0.3) is 0 Å². The van der Waals surface area contributed by atoms with Crippen LogP contribution in [-0.2, 0) is 32.6 Å². The van der Waals surface area contributed by atoms with Crippen molar-refractivity contribution in [1.29, 1.82) is 0 Å². The molecule has 1 aliphatic rings. The highest BCUT2D eigenvalue weighted by Crippen LogP contribution is 2.22. The molecule has 8 heteroatoms. The molecule has 0 bridgehead atoms. The molecule has 0 aliphatic carbocycles. The summed E-state index contributed by atoms with van der Waals surface area (Å²) in [6.07, 6.45) is 2.95. The van der Waals surface area contributed by atoms with E-state index in [1.807, 2.05) is 0 Å². The summed E-state index contributed by atoms with van der Waals surface area (Å²) < 4.78 is 29.2. The van der Waals surface area contributed by atoms with E-state index in [1.54, 1.807) is 6.20 Å². The number of esters is 1. The minimum atomic E-state index is -3.65. The minimum Gasteiger partial charge on any atom is -0.468 e. The lowest BCUT2D eigenvalue weighted by Crippen LogP contribution is -2.31. The first-order valence-electron chi connectivity index (χ1n) is 4.85. The Hall–Kier alpha value is -1.54. The van der Waals surface area contributed by atoms with Gasteiger partial charge in [-0.25, -0.2) is 18.4 Å². The molecule has 0 saturated carbocycles. The fourth-order valence-corrected chi connectivity index (χ4v) is 2.82. The molecular formula is C9H11N3O4S. The van der Waals surface area contributed by atoms with Crippen LogP contribution in [0, 0.1) is 0 Å². The summed E-state index contributed by atoms with van der Waals surface area (Å²) in [6, 6.07) is 0. The van der Waals surface area contributed by atoms with E-state index in [0.717, 1.165) is 12.7 Å². The zero-order chi connectivity index (χ0) is 12.5. The Bertz CT molecular complexity index is 518. The average Bonchev–Trinajstić information content (AvgIpc) is 2.72. The summed E-state index contributed by atoms with van der Waals surface area (Å²) >= 11 is 0. The molecule has 1 aromatic heterocycles.